The fourth-order valence-corrected chi connectivity index (χ4v) is 5.64. The van der Waals surface area contributed by atoms with Crippen molar-refractivity contribution >= 4 is 11.8 Å². The van der Waals surface area contributed by atoms with Gasteiger partial charge in [-0.25, -0.2) is 0 Å². The number of amides is 2. The van der Waals surface area contributed by atoms with Crippen molar-refractivity contribution in [3.05, 3.63) is 46.8 Å². The fraction of sp³-hybridized carbons (Fsp3) is 0.593. The molecule has 1 aliphatic carbocycles. The minimum absolute atomic E-state index is 0.0113. The molecule has 3 aliphatic rings. The van der Waals surface area contributed by atoms with Crippen molar-refractivity contribution < 1.29 is 19.1 Å². The number of benzene rings is 1. The predicted molar refractivity (Wildman–Crippen MR) is 132 cm³/mol. The van der Waals surface area contributed by atoms with Crippen molar-refractivity contribution in [1.29, 1.82) is 0 Å². The summed E-state index contributed by atoms with van der Waals surface area (Å²) in [6.07, 6.45) is 4.49. The van der Waals surface area contributed by atoms with E-state index in [1.165, 1.54) is 5.56 Å². The van der Waals surface area contributed by atoms with Gasteiger partial charge < -0.3 is 19.3 Å². The first-order valence-corrected chi connectivity index (χ1v) is 12.9. The minimum Gasteiger partial charge on any atom is -0.490 e. The number of hydrogen-bond donors (Lipinski definition) is 0. The number of aromatic nitrogens is 2. The van der Waals surface area contributed by atoms with Gasteiger partial charge in [-0.05, 0) is 57.7 Å². The van der Waals surface area contributed by atoms with Gasteiger partial charge >= 0.3 is 0 Å². The van der Waals surface area contributed by atoms with Crippen molar-refractivity contribution in [2.75, 3.05) is 26.2 Å². The molecule has 8 heteroatoms. The average molecular weight is 481 g/mol. The van der Waals surface area contributed by atoms with Gasteiger partial charge in [-0.15, -0.1) is 0 Å². The first-order valence-electron chi connectivity index (χ1n) is 12.9. The van der Waals surface area contributed by atoms with Crippen LogP contribution in [0.1, 0.15) is 60.4 Å². The molecule has 5 rings (SSSR count). The lowest BCUT2D eigenvalue weighted by atomic mass is 10.1. The van der Waals surface area contributed by atoms with E-state index in [1.807, 2.05) is 41.8 Å². The number of fused-ring (bicyclic) bond motifs is 1. The summed E-state index contributed by atoms with van der Waals surface area (Å²) in [5, 5.41) is 4.68. The summed E-state index contributed by atoms with van der Waals surface area (Å²) < 4.78 is 13.7. The smallest absolute Gasteiger partial charge is 0.274 e. The van der Waals surface area contributed by atoms with Crippen LogP contribution < -0.4 is 4.74 Å². The third-order valence-corrected chi connectivity index (χ3v) is 7.29. The lowest BCUT2D eigenvalue weighted by Crippen LogP contribution is -2.48. The molecule has 0 spiro atoms. The van der Waals surface area contributed by atoms with E-state index in [-0.39, 0.29) is 36.7 Å². The zero-order valence-corrected chi connectivity index (χ0v) is 21.0. The lowest BCUT2D eigenvalue weighted by Gasteiger charge is -2.35. The van der Waals surface area contributed by atoms with E-state index in [0.29, 0.717) is 31.9 Å². The monoisotopic (exact) mass is 480 g/mol. The normalized spacial score (nSPS) is 22.8. The summed E-state index contributed by atoms with van der Waals surface area (Å²) in [5.74, 6) is 0.914. The van der Waals surface area contributed by atoms with E-state index >= 15 is 0 Å². The van der Waals surface area contributed by atoms with Crippen LogP contribution in [0, 0.1) is 6.92 Å². The Morgan fingerprint density at radius 2 is 1.83 bits per heavy atom. The Morgan fingerprint density at radius 1 is 1.09 bits per heavy atom. The van der Waals surface area contributed by atoms with Gasteiger partial charge in [-0.1, -0.05) is 12.1 Å². The van der Waals surface area contributed by atoms with Crippen LogP contribution >= 0.6 is 0 Å². The molecule has 1 aromatic heterocycles. The highest BCUT2D eigenvalue weighted by atomic mass is 16.5. The topological polar surface area (TPSA) is 76.9 Å². The standard InChI is InChI=1S/C27H36N4O4/c1-18-6-4-7-22(14-18)35-21-10-12-29(13-11-21)25(32)17-31-24-9-5-8-23(24)26(28-31)27(33)30-15-19(2)34-20(3)16-30/h4,6-7,14,19-21H,5,8-13,15-17H2,1-3H3/t19-,20+. The average Bonchev–Trinajstić information content (AvgIpc) is 3.42. The summed E-state index contributed by atoms with van der Waals surface area (Å²) in [6.45, 7) is 8.73. The zero-order chi connectivity index (χ0) is 24.5. The highest BCUT2D eigenvalue weighted by Crippen LogP contribution is 2.28. The van der Waals surface area contributed by atoms with Gasteiger partial charge in [-0.3, -0.25) is 14.3 Å². The number of likely N-dealkylation sites (tertiary alicyclic amines) is 1. The lowest BCUT2D eigenvalue weighted by molar-refractivity contribution is -0.133. The van der Waals surface area contributed by atoms with Crippen LogP contribution in [0.5, 0.6) is 5.75 Å². The predicted octanol–water partition coefficient (Wildman–Crippen LogP) is 3.00. The summed E-state index contributed by atoms with van der Waals surface area (Å²) in [6, 6.07) is 8.10. The van der Waals surface area contributed by atoms with Gasteiger partial charge in [0.05, 0.1) is 12.2 Å². The van der Waals surface area contributed by atoms with Crippen LogP contribution in [-0.4, -0.2) is 75.9 Å². The number of ether oxygens (including phenoxy) is 2. The van der Waals surface area contributed by atoms with Crippen molar-refractivity contribution in [1.82, 2.24) is 19.6 Å². The Kier molecular flexibility index (Phi) is 6.82. The van der Waals surface area contributed by atoms with Gasteiger partial charge in [-0.2, -0.15) is 5.10 Å². The molecule has 188 valence electrons. The van der Waals surface area contributed by atoms with Crippen molar-refractivity contribution in [2.24, 2.45) is 0 Å². The molecule has 0 unspecified atom stereocenters. The zero-order valence-electron chi connectivity index (χ0n) is 21.0. The highest BCUT2D eigenvalue weighted by molar-refractivity contribution is 5.94. The maximum Gasteiger partial charge on any atom is 0.274 e. The highest BCUT2D eigenvalue weighted by Gasteiger charge is 2.33. The summed E-state index contributed by atoms with van der Waals surface area (Å²) in [7, 11) is 0. The maximum atomic E-state index is 13.3. The van der Waals surface area contributed by atoms with E-state index in [1.54, 1.807) is 4.68 Å². The van der Waals surface area contributed by atoms with Crippen LogP contribution in [0.3, 0.4) is 0 Å². The molecule has 2 aromatic rings. The van der Waals surface area contributed by atoms with Gasteiger partial charge in [0, 0.05) is 50.3 Å². The van der Waals surface area contributed by atoms with Gasteiger partial charge in [0.1, 0.15) is 18.4 Å². The summed E-state index contributed by atoms with van der Waals surface area (Å²) in [5.41, 5.74) is 3.78. The second kappa shape index (κ2) is 10.0. The molecule has 0 radical (unpaired) electrons. The molecule has 2 amide bonds. The molecule has 1 aromatic carbocycles. The molecule has 2 atom stereocenters. The van der Waals surface area contributed by atoms with Gasteiger partial charge in [0.2, 0.25) is 5.91 Å². The van der Waals surface area contributed by atoms with E-state index < -0.39 is 0 Å². The van der Waals surface area contributed by atoms with Crippen LogP contribution in [0.2, 0.25) is 0 Å². The first kappa shape index (κ1) is 23.9. The first-order chi connectivity index (χ1) is 16.9. The second-order valence-corrected chi connectivity index (χ2v) is 10.3. The van der Waals surface area contributed by atoms with Gasteiger partial charge in [0.25, 0.3) is 5.91 Å². The molecule has 2 fully saturated rings. The van der Waals surface area contributed by atoms with E-state index in [0.717, 1.165) is 49.1 Å². The van der Waals surface area contributed by atoms with Crippen molar-refractivity contribution in [3.63, 3.8) is 0 Å². The molecule has 3 heterocycles. The third kappa shape index (κ3) is 5.22. The molecule has 0 N–H and O–H groups in total. The maximum absolute atomic E-state index is 13.3. The second-order valence-electron chi connectivity index (χ2n) is 10.3. The van der Waals surface area contributed by atoms with Crippen LogP contribution in [0.4, 0.5) is 0 Å². The molecule has 0 bridgehead atoms. The number of carbonyl (C=O) groups is 2. The summed E-state index contributed by atoms with van der Waals surface area (Å²) >= 11 is 0. The molecule has 0 saturated carbocycles. The number of piperidine rings is 1. The van der Waals surface area contributed by atoms with E-state index in [2.05, 4.69) is 18.1 Å². The number of nitrogens with zero attached hydrogens (tertiary/aromatic N) is 4. The number of morpholine rings is 1. The Morgan fingerprint density at radius 3 is 2.54 bits per heavy atom. The molecule has 8 nitrogen and oxygen atoms in total. The van der Waals surface area contributed by atoms with Crippen molar-refractivity contribution in [3.8, 4) is 5.75 Å². The number of aryl methyl sites for hydroxylation is 1. The minimum atomic E-state index is -0.0366. The molecule has 2 saturated heterocycles. The molecular formula is C27H36N4O4. The number of carbonyl (C=O) groups excluding carboxylic acids is 2. The van der Waals surface area contributed by atoms with Crippen LogP contribution in [-0.2, 0) is 28.9 Å². The molecule has 2 aliphatic heterocycles. The molecule has 35 heavy (non-hydrogen) atoms. The van der Waals surface area contributed by atoms with Crippen LogP contribution in [0.25, 0.3) is 0 Å². The Bertz CT molecular complexity index is 1080. The van der Waals surface area contributed by atoms with Gasteiger partial charge in [0.15, 0.2) is 5.69 Å². The molecular weight excluding hydrogens is 444 g/mol. The fourth-order valence-electron chi connectivity index (χ4n) is 5.64. The summed E-state index contributed by atoms with van der Waals surface area (Å²) in [4.78, 5) is 30.3. The largest absolute Gasteiger partial charge is 0.490 e. The third-order valence-electron chi connectivity index (χ3n) is 7.29. The SMILES string of the molecule is Cc1cccc(OC2CCN(C(=O)Cn3nc(C(=O)N4C[C@@H](C)O[C@@H](C)C4)c4c3CCC4)CC2)c1. The Balaban J connectivity index is 1.21. The Hall–Kier alpha value is -2.87. The number of rotatable bonds is 5. The van der Waals surface area contributed by atoms with Crippen LogP contribution in [0.15, 0.2) is 24.3 Å². The quantitative estimate of drug-likeness (QED) is 0.658. The van der Waals surface area contributed by atoms with E-state index in [4.69, 9.17) is 9.47 Å². The van der Waals surface area contributed by atoms with Crippen molar-refractivity contribution in [2.45, 2.75) is 77.7 Å². The number of hydrogen-bond acceptors (Lipinski definition) is 5. The Labute approximate surface area is 207 Å². The van der Waals surface area contributed by atoms with E-state index in [9.17, 15) is 9.59 Å².